The average Bonchev–Trinajstić information content (AvgIpc) is 3.30. The number of piperidine rings is 1. The van der Waals surface area contributed by atoms with E-state index in [0.29, 0.717) is 5.56 Å². The summed E-state index contributed by atoms with van der Waals surface area (Å²) in [5.41, 5.74) is 0.646. The predicted molar refractivity (Wildman–Crippen MR) is 98.9 cm³/mol. The van der Waals surface area contributed by atoms with Crippen LogP contribution in [0.1, 0.15) is 54.8 Å². The van der Waals surface area contributed by atoms with Crippen molar-refractivity contribution in [3.8, 4) is 0 Å². The van der Waals surface area contributed by atoms with Gasteiger partial charge in [0.1, 0.15) is 12.1 Å². The number of carbonyl (C=O) groups is 1. The zero-order chi connectivity index (χ0) is 18.1. The number of amides is 1. The molecule has 26 heavy (non-hydrogen) atoms. The second kappa shape index (κ2) is 7.05. The van der Waals surface area contributed by atoms with Crippen molar-refractivity contribution < 1.29 is 4.79 Å². The molecule has 2 aromatic heterocycles. The molecule has 0 bridgehead atoms. The fourth-order valence-electron chi connectivity index (χ4n) is 3.98. The Morgan fingerprint density at radius 2 is 1.96 bits per heavy atom. The molecule has 2 aliphatic rings. The van der Waals surface area contributed by atoms with E-state index in [1.54, 1.807) is 12.5 Å². The zero-order valence-electron chi connectivity index (χ0n) is 15.5. The molecule has 2 aromatic rings. The first-order chi connectivity index (χ1) is 12.6. The molecule has 4 rings (SSSR count). The summed E-state index contributed by atoms with van der Waals surface area (Å²) in [6, 6.07) is 3.89. The van der Waals surface area contributed by atoms with Gasteiger partial charge in [-0.15, -0.1) is 10.2 Å². The minimum atomic E-state index is -0.00161. The normalized spacial score (nSPS) is 21.4. The van der Waals surface area contributed by atoms with Gasteiger partial charge in [0.05, 0.1) is 11.6 Å². The number of nitrogens with zero attached hydrogens (tertiary/aromatic N) is 6. The van der Waals surface area contributed by atoms with Crippen molar-refractivity contribution in [2.75, 3.05) is 24.5 Å². The molecule has 2 aliphatic heterocycles. The molecule has 0 unspecified atom stereocenters. The molecule has 2 fully saturated rings. The Balaban J connectivity index is 1.48. The van der Waals surface area contributed by atoms with E-state index >= 15 is 0 Å². The number of hydrogen-bond donors (Lipinski definition) is 0. The van der Waals surface area contributed by atoms with Crippen LogP contribution in [0, 0.1) is 5.92 Å². The van der Waals surface area contributed by atoms with E-state index in [-0.39, 0.29) is 11.9 Å². The number of anilines is 1. The van der Waals surface area contributed by atoms with Crippen LogP contribution in [0.15, 0.2) is 24.7 Å². The standard InChI is InChI=1S/C19H26N6O/c1-14-7-10-24(11-8-14)17-6-5-15(12-20-17)19(26)25-9-3-4-16(25)18-22-21-13-23(18)2/h5-6,12-14,16H,3-4,7-11H2,1-2H3/t16-/m0/s1. The van der Waals surface area contributed by atoms with Crippen LogP contribution in [0.2, 0.25) is 0 Å². The summed E-state index contributed by atoms with van der Waals surface area (Å²) in [7, 11) is 1.92. The first-order valence-electron chi connectivity index (χ1n) is 9.49. The topological polar surface area (TPSA) is 67.2 Å². The summed E-state index contributed by atoms with van der Waals surface area (Å²) in [4.78, 5) is 21.8. The second-order valence-corrected chi connectivity index (χ2v) is 7.53. The smallest absolute Gasteiger partial charge is 0.256 e. The van der Waals surface area contributed by atoms with Gasteiger partial charge in [-0.1, -0.05) is 6.92 Å². The zero-order valence-corrected chi connectivity index (χ0v) is 15.5. The maximum absolute atomic E-state index is 13.0. The van der Waals surface area contributed by atoms with Crippen LogP contribution in [0.5, 0.6) is 0 Å². The first kappa shape index (κ1) is 17.0. The number of aryl methyl sites for hydroxylation is 1. The summed E-state index contributed by atoms with van der Waals surface area (Å²) < 4.78 is 1.90. The lowest BCUT2D eigenvalue weighted by Crippen LogP contribution is -2.34. The number of likely N-dealkylation sites (tertiary alicyclic amines) is 1. The minimum Gasteiger partial charge on any atom is -0.357 e. The fraction of sp³-hybridized carbons (Fsp3) is 0.579. The lowest BCUT2D eigenvalue weighted by molar-refractivity contribution is 0.0727. The molecule has 0 aliphatic carbocycles. The summed E-state index contributed by atoms with van der Waals surface area (Å²) in [5, 5.41) is 8.16. The molecule has 7 nitrogen and oxygen atoms in total. The van der Waals surface area contributed by atoms with Gasteiger partial charge >= 0.3 is 0 Å². The van der Waals surface area contributed by atoms with Crippen molar-refractivity contribution in [1.82, 2.24) is 24.6 Å². The first-order valence-corrected chi connectivity index (χ1v) is 9.49. The monoisotopic (exact) mass is 354 g/mol. The molecule has 1 amide bonds. The molecule has 4 heterocycles. The second-order valence-electron chi connectivity index (χ2n) is 7.53. The lowest BCUT2D eigenvalue weighted by atomic mass is 9.99. The fourth-order valence-corrected chi connectivity index (χ4v) is 3.98. The van der Waals surface area contributed by atoms with Gasteiger partial charge in [0.25, 0.3) is 5.91 Å². The number of carbonyl (C=O) groups excluding carboxylic acids is 1. The molecular formula is C19H26N6O. The van der Waals surface area contributed by atoms with Crippen molar-refractivity contribution in [2.45, 2.75) is 38.6 Å². The van der Waals surface area contributed by atoms with Crippen LogP contribution in [0.4, 0.5) is 5.82 Å². The number of hydrogen-bond acceptors (Lipinski definition) is 5. The Morgan fingerprint density at radius 3 is 2.62 bits per heavy atom. The number of pyridine rings is 1. The van der Waals surface area contributed by atoms with E-state index in [0.717, 1.165) is 50.0 Å². The summed E-state index contributed by atoms with van der Waals surface area (Å²) in [6.07, 6.45) is 7.73. The van der Waals surface area contributed by atoms with Gasteiger partial charge < -0.3 is 14.4 Å². The van der Waals surface area contributed by atoms with Crippen molar-refractivity contribution in [1.29, 1.82) is 0 Å². The highest BCUT2D eigenvalue weighted by Crippen LogP contribution is 2.32. The third kappa shape index (κ3) is 3.18. The van der Waals surface area contributed by atoms with E-state index < -0.39 is 0 Å². The third-order valence-electron chi connectivity index (χ3n) is 5.66. The molecule has 0 N–H and O–H groups in total. The van der Waals surface area contributed by atoms with Gasteiger partial charge in [0, 0.05) is 32.9 Å². The van der Waals surface area contributed by atoms with Crippen molar-refractivity contribution >= 4 is 11.7 Å². The highest BCUT2D eigenvalue weighted by molar-refractivity contribution is 5.94. The van der Waals surface area contributed by atoms with Gasteiger partial charge in [0.15, 0.2) is 5.82 Å². The summed E-state index contributed by atoms with van der Waals surface area (Å²) in [6.45, 7) is 5.14. The van der Waals surface area contributed by atoms with Gasteiger partial charge in [-0.05, 0) is 43.7 Å². The molecule has 0 saturated carbocycles. The van der Waals surface area contributed by atoms with E-state index in [1.165, 1.54) is 12.8 Å². The number of aromatic nitrogens is 4. The van der Waals surface area contributed by atoms with E-state index in [2.05, 4.69) is 27.0 Å². The largest absolute Gasteiger partial charge is 0.357 e. The Hall–Kier alpha value is -2.44. The SMILES string of the molecule is CC1CCN(c2ccc(C(=O)N3CCC[C@H]3c3nncn3C)cn2)CC1. The van der Waals surface area contributed by atoms with Crippen LogP contribution in [-0.2, 0) is 7.05 Å². The minimum absolute atomic E-state index is 0.00161. The number of rotatable bonds is 3. The predicted octanol–water partition coefficient (Wildman–Crippen LogP) is 2.42. The lowest BCUT2D eigenvalue weighted by Gasteiger charge is -2.31. The van der Waals surface area contributed by atoms with Gasteiger partial charge in [-0.3, -0.25) is 4.79 Å². The Bertz CT molecular complexity index is 763. The Kier molecular flexibility index (Phi) is 4.61. The quantitative estimate of drug-likeness (QED) is 0.847. The molecule has 7 heteroatoms. The van der Waals surface area contributed by atoms with Crippen LogP contribution < -0.4 is 4.90 Å². The average molecular weight is 354 g/mol. The van der Waals surface area contributed by atoms with Crippen molar-refractivity contribution in [3.05, 3.63) is 36.0 Å². The Labute approximate surface area is 154 Å². The van der Waals surface area contributed by atoms with Crippen LogP contribution in [-0.4, -0.2) is 50.2 Å². The Morgan fingerprint density at radius 1 is 1.15 bits per heavy atom. The van der Waals surface area contributed by atoms with E-state index in [4.69, 9.17) is 0 Å². The van der Waals surface area contributed by atoms with Gasteiger partial charge in [-0.2, -0.15) is 0 Å². The molecule has 0 spiro atoms. The molecule has 1 atom stereocenters. The van der Waals surface area contributed by atoms with E-state index in [9.17, 15) is 4.79 Å². The van der Waals surface area contributed by atoms with Gasteiger partial charge in [-0.25, -0.2) is 4.98 Å². The molecule has 0 aromatic carbocycles. The molecule has 138 valence electrons. The molecule has 2 saturated heterocycles. The highest BCUT2D eigenvalue weighted by Gasteiger charge is 2.33. The molecular weight excluding hydrogens is 328 g/mol. The maximum atomic E-state index is 13.0. The molecule has 0 radical (unpaired) electrons. The van der Waals surface area contributed by atoms with E-state index in [1.807, 2.05) is 28.6 Å². The van der Waals surface area contributed by atoms with Crippen LogP contribution in [0.25, 0.3) is 0 Å². The summed E-state index contributed by atoms with van der Waals surface area (Å²) in [5.74, 6) is 2.64. The van der Waals surface area contributed by atoms with Crippen molar-refractivity contribution in [2.24, 2.45) is 13.0 Å². The third-order valence-corrected chi connectivity index (χ3v) is 5.66. The van der Waals surface area contributed by atoms with Crippen LogP contribution in [0.3, 0.4) is 0 Å². The maximum Gasteiger partial charge on any atom is 0.256 e. The highest BCUT2D eigenvalue weighted by atomic mass is 16.2. The van der Waals surface area contributed by atoms with Crippen molar-refractivity contribution in [3.63, 3.8) is 0 Å². The summed E-state index contributed by atoms with van der Waals surface area (Å²) >= 11 is 0. The van der Waals surface area contributed by atoms with Gasteiger partial charge in [0.2, 0.25) is 0 Å². The van der Waals surface area contributed by atoms with Crippen LogP contribution >= 0.6 is 0 Å².